The summed E-state index contributed by atoms with van der Waals surface area (Å²) < 4.78 is 5.45. The fraction of sp³-hybridized carbons (Fsp3) is 0.444. The Balaban J connectivity index is 1.92. The number of H-pyrrole nitrogens is 1. The third-order valence-corrected chi connectivity index (χ3v) is 4.23. The van der Waals surface area contributed by atoms with E-state index in [1.165, 1.54) is 4.90 Å². The number of ether oxygens (including phenoxy) is 1. The van der Waals surface area contributed by atoms with Crippen molar-refractivity contribution < 1.29 is 14.3 Å². The third-order valence-electron chi connectivity index (χ3n) is 4.23. The highest BCUT2D eigenvalue weighted by Gasteiger charge is 2.50. The number of hydrogen-bond donors (Lipinski definition) is 2. The molecular formula is C18H23N3O3. The first-order valence-electron chi connectivity index (χ1n) is 8.17. The lowest BCUT2D eigenvalue weighted by atomic mass is 10.0. The standard InChI is InChI=1S/C18H23N3O3/c1-11(2)20-17(23)21-15(16(22)24-18(21,3)4)9-12-10-19-14-8-6-5-7-13(12)14/h5-8,10-11,15,19H,9H2,1-4H3,(H,20,23)/t15-/m1/s1. The van der Waals surface area contributed by atoms with Gasteiger partial charge < -0.3 is 15.0 Å². The highest BCUT2D eigenvalue weighted by molar-refractivity contribution is 5.89. The van der Waals surface area contributed by atoms with Crippen LogP contribution in [0.1, 0.15) is 33.3 Å². The summed E-state index contributed by atoms with van der Waals surface area (Å²) in [6.07, 6.45) is 2.31. The van der Waals surface area contributed by atoms with E-state index in [1.54, 1.807) is 13.8 Å². The summed E-state index contributed by atoms with van der Waals surface area (Å²) in [5.74, 6) is -0.371. The summed E-state index contributed by atoms with van der Waals surface area (Å²) in [5.41, 5.74) is 1.04. The van der Waals surface area contributed by atoms with E-state index in [2.05, 4.69) is 10.3 Å². The number of fused-ring (bicyclic) bond motifs is 1. The quantitative estimate of drug-likeness (QED) is 0.850. The number of benzene rings is 1. The van der Waals surface area contributed by atoms with Crippen molar-refractivity contribution in [3.63, 3.8) is 0 Å². The highest BCUT2D eigenvalue weighted by Crippen LogP contribution is 2.31. The molecule has 1 aliphatic rings. The van der Waals surface area contributed by atoms with Gasteiger partial charge in [-0.1, -0.05) is 18.2 Å². The number of amides is 2. The molecule has 0 bridgehead atoms. The molecule has 2 N–H and O–H groups in total. The molecule has 2 heterocycles. The Labute approximate surface area is 141 Å². The van der Waals surface area contributed by atoms with Crippen molar-refractivity contribution in [1.29, 1.82) is 0 Å². The predicted octanol–water partition coefficient (Wildman–Crippen LogP) is 2.79. The van der Waals surface area contributed by atoms with E-state index < -0.39 is 11.8 Å². The lowest BCUT2D eigenvalue weighted by molar-refractivity contribution is -0.148. The van der Waals surface area contributed by atoms with Gasteiger partial charge >= 0.3 is 12.0 Å². The summed E-state index contributed by atoms with van der Waals surface area (Å²) in [6, 6.07) is 6.96. The van der Waals surface area contributed by atoms with E-state index in [0.717, 1.165) is 16.5 Å². The van der Waals surface area contributed by atoms with Gasteiger partial charge in [-0.25, -0.2) is 9.59 Å². The molecule has 1 aliphatic heterocycles. The Kier molecular flexibility index (Phi) is 3.99. The molecule has 0 saturated carbocycles. The molecule has 6 heteroatoms. The lowest BCUT2D eigenvalue weighted by Gasteiger charge is -2.32. The number of urea groups is 1. The maximum Gasteiger partial charge on any atom is 0.331 e. The van der Waals surface area contributed by atoms with Crippen molar-refractivity contribution in [2.75, 3.05) is 0 Å². The zero-order valence-electron chi connectivity index (χ0n) is 14.4. The van der Waals surface area contributed by atoms with Crippen LogP contribution >= 0.6 is 0 Å². The first-order valence-corrected chi connectivity index (χ1v) is 8.17. The van der Waals surface area contributed by atoms with Crippen LogP contribution in [0.5, 0.6) is 0 Å². The third kappa shape index (κ3) is 2.84. The van der Waals surface area contributed by atoms with Crippen molar-refractivity contribution in [2.45, 2.75) is 51.9 Å². The minimum absolute atomic E-state index is 0.0160. The molecule has 0 spiro atoms. The molecule has 1 saturated heterocycles. The van der Waals surface area contributed by atoms with Crippen molar-refractivity contribution in [3.05, 3.63) is 36.0 Å². The van der Waals surface area contributed by atoms with Crippen LogP contribution in [-0.4, -0.2) is 39.7 Å². The minimum atomic E-state index is -0.965. The number of hydrogen-bond acceptors (Lipinski definition) is 3. The van der Waals surface area contributed by atoms with Gasteiger partial charge in [0.15, 0.2) is 5.72 Å². The largest absolute Gasteiger partial charge is 0.438 e. The van der Waals surface area contributed by atoms with E-state index in [-0.39, 0.29) is 18.0 Å². The zero-order chi connectivity index (χ0) is 17.5. The number of nitrogens with zero attached hydrogens (tertiary/aromatic N) is 1. The second-order valence-corrected chi connectivity index (χ2v) is 6.92. The number of nitrogens with one attached hydrogen (secondary N) is 2. The molecule has 2 aromatic rings. The number of cyclic esters (lactones) is 1. The van der Waals surface area contributed by atoms with Gasteiger partial charge in [-0.05, 0) is 39.3 Å². The maximum absolute atomic E-state index is 12.6. The molecule has 1 aromatic carbocycles. The fourth-order valence-electron chi connectivity index (χ4n) is 3.23. The Morgan fingerprint density at radius 1 is 1.38 bits per heavy atom. The van der Waals surface area contributed by atoms with Gasteiger partial charge in [-0.2, -0.15) is 0 Å². The number of carbonyl (C=O) groups excluding carboxylic acids is 2. The van der Waals surface area contributed by atoms with Crippen LogP contribution in [0.2, 0.25) is 0 Å². The number of para-hydroxylation sites is 1. The highest BCUT2D eigenvalue weighted by atomic mass is 16.6. The van der Waals surface area contributed by atoms with Crippen LogP contribution in [0.4, 0.5) is 4.79 Å². The fourth-order valence-corrected chi connectivity index (χ4v) is 3.23. The average Bonchev–Trinajstić information content (AvgIpc) is 2.97. The van der Waals surface area contributed by atoms with Crippen molar-refractivity contribution in [1.82, 2.24) is 15.2 Å². The number of esters is 1. The van der Waals surface area contributed by atoms with E-state index in [0.29, 0.717) is 6.42 Å². The Bertz CT molecular complexity index is 779. The first kappa shape index (κ1) is 16.4. The van der Waals surface area contributed by atoms with E-state index >= 15 is 0 Å². The molecule has 3 rings (SSSR count). The number of rotatable bonds is 3. The van der Waals surface area contributed by atoms with Crippen LogP contribution < -0.4 is 5.32 Å². The topological polar surface area (TPSA) is 74.4 Å². The van der Waals surface area contributed by atoms with Gasteiger partial charge in [-0.3, -0.25) is 4.90 Å². The molecule has 1 fully saturated rings. The van der Waals surface area contributed by atoms with Crippen molar-refractivity contribution in [3.8, 4) is 0 Å². The van der Waals surface area contributed by atoms with E-state index in [1.807, 2.05) is 44.3 Å². The molecule has 24 heavy (non-hydrogen) atoms. The summed E-state index contributed by atoms with van der Waals surface area (Å²) in [6.45, 7) is 7.25. The number of aromatic amines is 1. The second kappa shape index (κ2) is 5.85. The van der Waals surface area contributed by atoms with Crippen molar-refractivity contribution >= 4 is 22.9 Å². The van der Waals surface area contributed by atoms with Gasteiger partial charge in [-0.15, -0.1) is 0 Å². The molecule has 2 amide bonds. The molecule has 1 aromatic heterocycles. The van der Waals surface area contributed by atoms with Crippen LogP contribution in [0.25, 0.3) is 10.9 Å². The summed E-state index contributed by atoms with van der Waals surface area (Å²) in [7, 11) is 0. The Morgan fingerprint density at radius 2 is 2.08 bits per heavy atom. The van der Waals surface area contributed by atoms with Gasteiger partial charge in [0.2, 0.25) is 0 Å². The smallest absolute Gasteiger partial charge is 0.331 e. The average molecular weight is 329 g/mol. The molecule has 0 aliphatic carbocycles. The summed E-state index contributed by atoms with van der Waals surface area (Å²) in [5, 5.41) is 3.91. The van der Waals surface area contributed by atoms with Crippen LogP contribution in [0.3, 0.4) is 0 Å². The van der Waals surface area contributed by atoms with Crippen LogP contribution in [0, 0.1) is 0 Å². The SMILES string of the molecule is CC(C)NC(=O)N1[C@H](Cc2c[nH]c3ccccc23)C(=O)OC1(C)C. The Hall–Kier alpha value is -2.50. The zero-order valence-corrected chi connectivity index (χ0v) is 14.4. The molecule has 0 radical (unpaired) electrons. The lowest BCUT2D eigenvalue weighted by Crippen LogP contribution is -2.54. The first-order chi connectivity index (χ1) is 11.3. The maximum atomic E-state index is 12.6. The van der Waals surface area contributed by atoms with Gasteiger partial charge in [0, 0.05) is 29.6 Å². The number of aromatic nitrogens is 1. The minimum Gasteiger partial charge on any atom is -0.438 e. The van der Waals surface area contributed by atoms with Crippen LogP contribution in [-0.2, 0) is 16.0 Å². The Morgan fingerprint density at radius 3 is 2.79 bits per heavy atom. The molecular weight excluding hydrogens is 306 g/mol. The second-order valence-electron chi connectivity index (χ2n) is 6.92. The van der Waals surface area contributed by atoms with E-state index in [9.17, 15) is 9.59 Å². The monoisotopic (exact) mass is 329 g/mol. The van der Waals surface area contributed by atoms with Crippen molar-refractivity contribution in [2.24, 2.45) is 0 Å². The molecule has 6 nitrogen and oxygen atoms in total. The van der Waals surface area contributed by atoms with Crippen LogP contribution in [0.15, 0.2) is 30.5 Å². The molecule has 128 valence electrons. The predicted molar refractivity (Wildman–Crippen MR) is 91.5 cm³/mol. The molecule has 0 unspecified atom stereocenters. The van der Waals surface area contributed by atoms with E-state index in [4.69, 9.17) is 4.74 Å². The van der Waals surface area contributed by atoms with Gasteiger partial charge in [0.1, 0.15) is 6.04 Å². The summed E-state index contributed by atoms with van der Waals surface area (Å²) in [4.78, 5) is 29.7. The normalized spacial score (nSPS) is 19.8. The summed E-state index contributed by atoms with van der Waals surface area (Å²) >= 11 is 0. The molecule has 1 atom stereocenters. The number of carbonyl (C=O) groups is 2. The van der Waals surface area contributed by atoms with Gasteiger partial charge in [0.05, 0.1) is 0 Å². The van der Waals surface area contributed by atoms with Gasteiger partial charge in [0.25, 0.3) is 0 Å².